The van der Waals surface area contributed by atoms with E-state index >= 15 is 0 Å². The fraction of sp³-hybridized carbons (Fsp3) is 0.462. The van der Waals surface area contributed by atoms with Crippen LogP contribution in [-0.2, 0) is 9.53 Å². The minimum atomic E-state index is -1.12. The van der Waals surface area contributed by atoms with Crippen molar-refractivity contribution in [3.8, 4) is 0 Å². The average molecular weight is 264 g/mol. The van der Waals surface area contributed by atoms with Gasteiger partial charge in [-0.3, -0.25) is 4.79 Å². The fourth-order valence-corrected chi connectivity index (χ4v) is 2.01. The summed E-state index contributed by atoms with van der Waals surface area (Å²) in [5.41, 5.74) is 0.363. The molecule has 0 radical (unpaired) electrons. The molecule has 2 rings (SSSR count). The van der Waals surface area contributed by atoms with E-state index in [-0.39, 0.29) is 17.7 Å². The summed E-state index contributed by atoms with van der Waals surface area (Å²) in [6.45, 7) is 0.776. The maximum absolute atomic E-state index is 11.7. The Kier molecular flexibility index (Phi) is 4.46. The van der Waals surface area contributed by atoms with Crippen molar-refractivity contribution in [1.82, 2.24) is 4.98 Å². The van der Waals surface area contributed by atoms with Crippen LogP contribution in [0.25, 0.3) is 0 Å². The number of hydrogen-bond donors (Lipinski definition) is 2. The van der Waals surface area contributed by atoms with Crippen molar-refractivity contribution in [2.24, 2.45) is 0 Å². The second-order valence-corrected chi connectivity index (χ2v) is 4.46. The van der Waals surface area contributed by atoms with Crippen LogP contribution in [0.2, 0.25) is 0 Å². The number of amides is 1. The lowest BCUT2D eigenvalue weighted by molar-refractivity contribution is -0.116. The van der Waals surface area contributed by atoms with Gasteiger partial charge in [-0.25, -0.2) is 9.78 Å². The van der Waals surface area contributed by atoms with Crippen molar-refractivity contribution in [1.29, 1.82) is 0 Å². The van der Waals surface area contributed by atoms with Crippen LogP contribution in [0.3, 0.4) is 0 Å². The summed E-state index contributed by atoms with van der Waals surface area (Å²) in [6, 6.07) is 2.91. The molecule has 1 aromatic heterocycles. The van der Waals surface area contributed by atoms with Crippen molar-refractivity contribution in [3.63, 3.8) is 0 Å². The van der Waals surface area contributed by atoms with Gasteiger partial charge in [-0.2, -0.15) is 0 Å². The van der Waals surface area contributed by atoms with Gasteiger partial charge in [-0.15, -0.1) is 0 Å². The highest BCUT2D eigenvalue weighted by Gasteiger charge is 2.16. The first-order valence-corrected chi connectivity index (χ1v) is 6.26. The number of pyridine rings is 1. The fourth-order valence-electron chi connectivity index (χ4n) is 2.01. The topological polar surface area (TPSA) is 88.5 Å². The Morgan fingerprint density at radius 2 is 2.37 bits per heavy atom. The highest BCUT2D eigenvalue weighted by Crippen LogP contribution is 2.17. The predicted octanol–water partition coefficient (Wildman–Crippen LogP) is 1.68. The van der Waals surface area contributed by atoms with Crippen LogP contribution in [0.15, 0.2) is 18.3 Å². The van der Waals surface area contributed by atoms with E-state index in [1.807, 2.05) is 0 Å². The Labute approximate surface area is 110 Å². The third-order valence-corrected chi connectivity index (χ3v) is 2.98. The Morgan fingerprint density at radius 3 is 3.05 bits per heavy atom. The van der Waals surface area contributed by atoms with Crippen molar-refractivity contribution in [3.05, 3.63) is 24.0 Å². The lowest BCUT2D eigenvalue weighted by atomic mass is 10.1. The Morgan fingerprint density at radius 1 is 1.53 bits per heavy atom. The molecule has 1 saturated heterocycles. The summed E-state index contributed by atoms with van der Waals surface area (Å²) in [7, 11) is 0. The zero-order valence-corrected chi connectivity index (χ0v) is 10.5. The van der Waals surface area contributed by atoms with Crippen molar-refractivity contribution < 1.29 is 19.4 Å². The van der Waals surface area contributed by atoms with Gasteiger partial charge in [-0.05, 0) is 31.4 Å². The van der Waals surface area contributed by atoms with E-state index in [1.54, 1.807) is 6.07 Å². The molecule has 1 amide bonds. The van der Waals surface area contributed by atoms with Gasteiger partial charge in [0, 0.05) is 24.9 Å². The van der Waals surface area contributed by atoms with Crippen molar-refractivity contribution in [2.45, 2.75) is 31.8 Å². The van der Waals surface area contributed by atoms with E-state index in [0.717, 1.165) is 19.4 Å². The molecule has 19 heavy (non-hydrogen) atoms. The highest BCUT2D eigenvalue weighted by atomic mass is 16.5. The molecule has 1 atom stereocenters. The molecule has 1 unspecified atom stereocenters. The molecule has 1 aliphatic rings. The average Bonchev–Trinajstić information content (AvgIpc) is 2.90. The summed E-state index contributed by atoms with van der Waals surface area (Å²) in [5.74, 6) is -1.26. The predicted molar refractivity (Wildman–Crippen MR) is 68.0 cm³/mol. The standard InChI is InChI=1S/C13H16N2O4/c16-12(4-3-10-2-1-7-19-10)15-9-5-6-14-11(8-9)13(17)18/h5-6,8,10H,1-4,7H2,(H,17,18)(H,14,15,16). The molecule has 2 N–H and O–H groups in total. The number of carbonyl (C=O) groups excluding carboxylic acids is 1. The second-order valence-electron chi connectivity index (χ2n) is 4.46. The smallest absolute Gasteiger partial charge is 0.354 e. The monoisotopic (exact) mass is 264 g/mol. The highest BCUT2D eigenvalue weighted by molar-refractivity contribution is 5.92. The zero-order chi connectivity index (χ0) is 13.7. The van der Waals surface area contributed by atoms with Crippen LogP contribution in [0.4, 0.5) is 5.69 Å². The number of ether oxygens (including phenoxy) is 1. The van der Waals surface area contributed by atoms with Gasteiger partial charge < -0.3 is 15.2 Å². The van der Waals surface area contributed by atoms with E-state index in [9.17, 15) is 9.59 Å². The minimum absolute atomic E-state index is 0.0862. The molecule has 1 aliphatic heterocycles. The lowest BCUT2D eigenvalue weighted by Crippen LogP contribution is -2.15. The molecule has 6 heteroatoms. The third-order valence-electron chi connectivity index (χ3n) is 2.98. The van der Waals surface area contributed by atoms with Gasteiger partial charge in [0.05, 0.1) is 6.10 Å². The molecule has 2 heterocycles. The summed E-state index contributed by atoms with van der Waals surface area (Å²) >= 11 is 0. The molecule has 0 aromatic carbocycles. The van der Waals surface area contributed by atoms with Gasteiger partial charge >= 0.3 is 5.97 Å². The van der Waals surface area contributed by atoms with E-state index in [1.165, 1.54) is 12.3 Å². The van der Waals surface area contributed by atoms with Crippen molar-refractivity contribution >= 4 is 17.6 Å². The number of anilines is 1. The van der Waals surface area contributed by atoms with Gasteiger partial charge in [0.25, 0.3) is 0 Å². The molecule has 102 valence electrons. The van der Waals surface area contributed by atoms with E-state index in [2.05, 4.69) is 10.3 Å². The summed E-state index contributed by atoms with van der Waals surface area (Å²) in [6.07, 6.45) is 4.67. The number of carboxylic acid groups (broad SMARTS) is 1. The van der Waals surface area contributed by atoms with Crippen LogP contribution in [0, 0.1) is 0 Å². The van der Waals surface area contributed by atoms with Gasteiger partial charge in [0.2, 0.25) is 5.91 Å². The molecule has 0 spiro atoms. The Hall–Kier alpha value is -1.95. The molecular formula is C13H16N2O4. The lowest BCUT2D eigenvalue weighted by Gasteiger charge is -2.09. The molecule has 0 aliphatic carbocycles. The van der Waals surface area contributed by atoms with Gasteiger partial charge in [-0.1, -0.05) is 0 Å². The number of aromatic carboxylic acids is 1. The minimum Gasteiger partial charge on any atom is -0.477 e. The summed E-state index contributed by atoms with van der Waals surface area (Å²) < 4.78 is 5.44. The SMILES string of the molecule is O=C(CCC1CCCO1)Nc1ccnc(C(=O)O)c1. The first-order chi connectivity index (χ1) is 9.15. The van der Waals surface area contributed by atoms with Crippen LogP contribution < -0.4 is 5.32 Å². The number of aromatic nitrogens is 1. The third kappa shape index (κ3) is 4.03. The second kappa shape index (κ2) is 6.29. The molecule has 1 aromatic rings. The number of hydrogen-bond acceptors (Lipinski definition) is 4. The molecule has 0 saturated carbocycles. The maximum atomic E-state index is 11.7. The summed E-state index contributed by atoms with van der Waals surface area (Å²) in [5, 5.41) is 11.5. The quantitative estimate of drug-likeness (QED) is 0.844. The number of nitrogens with zero attached hydrogens (tertiary/aromatic N) is 1. The number of nitrogens with one attached hydrogen (secondary N) is 1. The molecule has 1 fully saturated rings. The first-order valence-electron chi connectivity index (χ1n) is 6.26. The molecular weight excluding hydrogens is 248 g/mol. The van der Waals surface area contributed by atoms with E-state index < -0.39 is 5.97 Å². The normalized spacial score (nSPS) is 18.2. The first kappa shape index (κ1) is 13.5. The van der Waals surface area contributed by atoms with Gasteiger partial charge in [0.15, 0.2) is 0 Å². The zero-order valence-electron chi connectivity index (χ0n) is 10.5. The van der Waals surface area contributed by atoms with Crippen LogP contribution in [0.5, 0.6) is 0 Å². The molecule has 0 bridgehead atoms. The van der Waals surface area contributed by atoms with Crippen molar-refractivity contribution in [2.75, 3.05) is 11.9 Å². The van der Waals surface area contributed by atoms with Crippen LogP contribution in [-0.4, -0.2) is 34.7 Å². The number of rotatable bonds is 5. The van der Waals surface area contributed by atoms with E-state index in [0.29, 0.717) is 18.5 Å². The summed E-state index contributed by atoms with van der Waals surface area (Å²) in [4.78, 5) is 26.1. The van der Waals surface area contributed by atoms with E-state index in [4.69, 9.17) is 9.84 Å². The molecule has 6 nitrogen and oxygen atoms in total. The van der Waals surface area contributed by atoms with Crippen LogP contribution >= 0.6 is 0 Å². The largest absolute Gasteiger partial charge is 0.477 e. The number of carbonyl (C=O) groups is 2. The Bertz CT molecular complexity index is 469. The maximum Gasteiger partial charge on any atom is 0.354 e. The van der Waals surface area contributed by atoms with Crippen LogP contribution in [0.1, 0.15) is 36.2 Å². The van der Waals surface area contributed by atoms with Gasteiger partial charge in [0.1, 0.15) is 5.69 Å². The Balaban J connectivity index is 1.84. The number of carboxylic acids is 1.